The normalized spacial score (nSPS) is 14.9. The van der Waals surface area contributed by atoms with Crippen LogP contribution in [0.3, 0.4) is 0 Å². The van der Waals surface area contributed by atoms with Crippen LogP contribution in [0.25, 0.3) is 0 Å². The van der Waals surface area contributed by atoms with Crippen molar-refractivity contribution in [2.24, 2.45) is 5.92 Å². The molecule has 0 radical (unpaired) electrons. The van der Waals surface area contributed by atoms with Crippen LogP contribution >= 0.6 is 23.2 Å². The molecule has 5 rings (SSSR count). The van der Waals surface area contributed by atoms with Crippen molar-refractivity contribution < 1.29 is 33.6 Å². The number of likely N-dealkylation sites (tertiary alicyclic amines) is 1. The van der Waals surface area contributed by atoms with Gasteiger partial charge in [0.15, 0.2) is 23.9 Å². The highest BCUT2D eigenvalue weighted by atomic mass is 35.5. The molecular weight excluding hydrogens is 681 g/mol. The van der Waals surface area contributed by atoms with Crippen molar-refractivity contribution in [3.8, 4) is 11.5 Å². The summed E-state index contributed by atoms with van der Waals surface area (Å²) in [4.78, 5) is 28.8. The number of hydrogen-bond donors (Lipinski definition) is 2. The van der Waals surface area contributed by atoms with Crippen molar-refractivity contribution in [1.29, 1.82) is 0 Å². The molecule has 50 heavy (non-hydrogen) atoms. The molecule has 10 nitrogen and oxygen atoms in total. The Labute approximate surface area is 302 Å². The molecule has 1 fully saturated rings. The van der Waals surface area contributed by atoms with Crippen LogP contribution in [0, 0.1) is 11.1 Å². The number of aromatic nitrogens is 1. The van der Waals surface area contributed by atoms with E-state index >= 15 is 0 Å². The highest BCUT2D eigenvalue weighted by Gasteiger charge is 2.30. The van der Waals surface area contributed by atoms with Gasteiger partial charge in [-0.2, -0.15) is 4.73 Å². The number of nitrogens with one attached hydrogen (secondary N) is 1. The maximum absolute atomic E-state index is 13.7. The van der Waals surface area contributed by atoms with E-state index < -0.39 is 23.9 Å². The SMILES string of the molecule is COc1ccc([C@H](Cc2c(Cl)c[n+]([O-])cc2Cl)c2c(CNC(C(=O)OCC3CCN(C)CC3)c3ccccc3)cccc2C(=O)O)cc1OC. The summed E-state index contributed by atoms with van der Waals surface area (Å²) in [5.41, 5.74) is 3.07. The molecule has 2 N–H and O–H groups in total. The van der Waals surface area contributed by atoms with Gasteiger partial charge in [-0.05, 0) is 85.8 Å². The number of rotatable bonds is 14. The first-order chi connectivity index (χ1) is 24.1. The number of esters is 1. The number of methoxy groups -OCH3 is 2. The first kappa shape index (κ1) is 36.9. The van der Waals surface area contributed by atoms with E-state index in [9.17, 15) is 19.9 Å². The Morgan fingerprint density at radius 3 is 2.28 bits per heavy atom. The van der Waals surface area contributed by atoms with Gasteiger partial charge in [-0.3, -0.25) is 5.32 Å². The fraction of sp³-hybridized carbons (Fsp3) is 0.342. The summed E-state index contributed by atoms with van der Waals surface area (Å²) in [7, 11) is 5.14. The number of hydrogen-bond acceptors (Lipinski definition) is 8. The Kier molecular flexibility index (Phi) is 12.6. The molecule has 264 valence electrons. The third-order valence-corrected chi connectivity index (χ3v) is 9.87. The van der Waals surface area contributed by atoms with Crippen LogP contribution in [0.4, 0.5) is 0 Å². The number of carbonyl (C=O) groups is 2. The van der Waals surface area contributed by atoms with Crippen molar-refractivity contribution >= 4 is 35.1 Å². The zero-order valence-corrected chi connectivity index (χ0v) is 29.7. The van der Waals surface area contributed by atoms with Gasteiger partial charge >= 0.3 is 11.9 Å². The minimum atomic E-state index is -1.13. The number of aromatic carboxylic acids is 1. The molecule has 0 spiro atoms. The number of carboxylic acids is 1. The van der Waals surface area contributed by atoms with Crippen LogP contribution in [0.1, 0.15) is 63.0 Å². The molecule has 3 aromatic carbocycles. The number of piperidine rings is 1. The predicted octanol–water partition coefficient (Wildman–Crippen LogP) is 6.43. The van der Waals surface area contributed by atoms with Crippen LogP contribution in [0.5, 0.6) is 11.5 Å². The number of benzene rings is 3. The summed E-state index contributed by atoms with van der Waals surface area (Å²) in [6.45, 7) is 2.38. The van der Waals surface area contributed by atoms with Gasteiger partial charge in [0.2, 0.25) is 0 Å². The van der Waals surface area contributed by atoms with E-state index in [4.69, 9.17) is 37.4 Å². The highest BCUT2D eigenvalue weighted by Crippen LogP contribution is 2.40. The van der Waals surface area contributed by atoms with E-state index in [1.165, 1.54) is 26.6 Å². The number of halogens is 2. The van der Waals surface area contributed by atoms with Crippen LogP contribution in [-0.4, -0.2) is 62.9 Å². The largest absolute Gasteiger partial charge is 0.619 e. The molecule has 0 aliphatic carbocycles. The lowest BCUT2D eigenvalue weighted by atomic mass is 9.80. The quantitative estimate of drug-likeness (QED) is 0.0861. The van der Waals surface area contributed by atoms with Gasteiger partial charge in [-0.1, -0.05) is 71.7 Å². The number of carboxylic acid groups (broad SMARTS) is 1. The molecule has 1 saturated heterocycles. The first-order valence-corrected chi connectivity index (χ1v) is 17.1. The topological polar surface area (TPSA) is 124 Å². The van der Waals surface area contributed by atoms with Crippen molar-refractivity contribution in [3.63, 3.8) is 0 Å². The summed E-state index contributed by atoms with van der Waals surface area (Å²) in [6, 6.07) is 18.9. The van der Waals surface area contributed by atoms with Gasteiger partial charge in [-0.15, -0.1) is 0 Å². The molecule has 12 heteroatoms. The van der Waals surface area contributed by atoms with Gasteiger partial charge < -0.3 is 29.4 Å². The van der Waals surface area contributed by atoms with Crippen molar-refractivity contribution in [2.45, 2.75) is 37.8 Å². The maximum Gasteiger partial charge on any atom is 0.335 e. The smallest absolute Gasteiger partial charge is 0.335 e. The zero-order valence-electron chi connectivity index (χ0n) is 28.2. The van der Waals surface area contributed by atoms with Gasteiger partial charge in [0, 0.05) is 18.0 Å². The summed E-state index contributed by atoms with van der Waals surface area (Å²) in [5.74, 6) is -0.940. The molecule has 1 aliphatic heterocycles. The van der Waals surface area contributed by atoms with Crippen LogP contribution < -0.4 is 19.5 Å². The summed E-state index contributed by atoms with van der Waals surface area (Å²) < 4.78 is 17.5. The van der Waals surface area contributed by atoms with Crippen molar-refractivity contribution in [3.05, 3.63) is 128 Å². The van der Waals surface area contributed by atoms with E-state index in [-0.39, 0.29) is 28.6 Å². The number of carbonyl (C=O) groups excluding carboxylic acids is 1. The Balaban J connectivity index is 1.55. The second-order valence-corrected chi connectivity index (χ2v) is 13.3. The van der Waals surface area contributed by atoms with Gasteiger partial charge in [0.05, 0.1) is 26.4 Å². The molecule has 0 bridgehead atoms. The maximum atomic E-state index is 13.7. The zero-order chi connectivity index (χ0) is 35.8. The lowest BCUT2D eigenvalue weighted by Gasteiger charge is -2.29. The van der Waals surface area contributed by atoms with E-state index in [1.807, 2.05) is 42.5 Å². The monoisotopic (exact) mass is 721 g/mol. The van der Waals surface area contributed by atoms with Crippen LogP contribution in [0.15, 0.2) is 79.1 Å². The second-order valence-electron chi connectivity index (χ2n) is 12.4. The number of ether oxygens (including phenoxy) is 3. The molecular formula is C38H41Cl2N3O7. The fourth-order valence-corrected chi connectivity index (χ4v) is 7.06. The van der Waals surface area contributed by atoms with E-state index in [0.29, 0.717) is 51.0 Å². The molecule has 1 aliphatic rings. The van der Waals surface area contributed by atoms with E-state index in [0.717, 1.165) is 31.5 Å². The Hall–Kier alpha value is -4.35. The fourth-order valence-electron chi connectivity index (χ4n) is 6.46. The summed E-state index contributed by atoms with van der Waals surface area (Å²) in [6.07, 6.45) is 4.48. The Bertz CT molecular complexity index is 1780. The first-order valence-electron chi connectivity index (χ1n) is 16.4. The average Bonchev–Trinajstić information content (AvgIpc) is 3.11. The lowest BCUT2D eigenvalue weighted by molar-refractivity contribution is -0.605. The third kappa shape index (κ3) is 8.86. The third-order valence-electron chi connectivity index (χ3n) is 9.22. The Morgan fingerprint density at radius 1 is 0.960 bits per heavy atom. The highest BCUT2D eigenvalue weighted by molar-refractivity contribution is 6.35. The van der Waals surface area contributed by atoms with E-state index in [2.05, 4.69) is 17.3 Å². The molecule has 2 heterocycles. The molecule has 1 aromatic heterocycles. The molecule has 2 atom stereocenters. The number of nitrogens with zero attached hydrogens (tertiary/aromatic N) is 2. The average molecular weight is 723 g/mol. The van der Waals surface area contributed by atoms with Crippen molar-refractivity contribution in [1.82, 2.24) is 10.2 Å². The molecule has 0 amide bonds. The van der Waals surface area contributed by atoms with Gasteiger partial charge in [0.1, 0.15) is 16.1 Å². The van der Waals surface area contributed by atoms with Crippen LogP contribution in [-0.2, 0) is 22.5 Å². The predicted molar refractivity (Wildman–Crippen MR) is 191 cm³/mol. The summed E-state index contributed by atoms with van der Waals surface area (Å²) >= 11 is 13.1. The van der Waals surface area contributed by atoms with Crippen molar-refractivity contribution in [2.75, 3.05) is 41.0 Å². The van der Waals surface area contributed by atoms with Gasteiger partial charge in [0.25, 0.3) is 0 Å². The Morgan fingerprint density at radius 2 is 1.64 bits per heavy atom. The molecule has 0 saturated carbocycles. The van der Waals surface area contributed by atoms with E-state index in [1.54, 1.807) is 24.3 Å². The summed E-state index contributed by atoms with van der Waals surface area (Å²) in [5, 5.41) is 26.3. The standard InChI is InChI=1S/C38H41Cl2N3O7/c1-42-16-14-24(15-17-42)23-50-38(46)36(25-8-5-4-6-9-25)41-20-27-10-7-11-28(37(44)45)35(27)29(19-30-31(39)21-43(47)22-32(30)40)26-12-13-33(48-2)34(18-26)49-3/h4-13,18,21-22,24,29,36,41H,14-17,19-20,23H2,1-3H3,(H,44,45)/t29-,36?/m0/s1. The molecule has 4 aromatic rings. The molecule has 1 unspecified atom stereocenters. The second kappa shape index (κ2) is 17.0. The van der Waals surface area contributed by atoms with Crippen LogP contribution in [0.2, 0.25) is 10.0 Å². The number of pyridine rings is 1. The lowest BCUT2D eigenvalue weighted by Crippen LogP contribution is -2.35. The minimum absolute atomic E-state index is 0.0623. The minimum Gasteiger partial charge on any atom is -0.619 e. The van der Waals surface area contributed by atoms with Gasteiger partial charge in [-0.25, -0.2) is 9.59 Å².